The topological polar surface area (TPSA) is 79.7 Å². The molecule has 0 aliphatic carbocycles. The number of amides is 1. The highest BCUT2D eigenvalue weighted by Gasteiger charge is 2.21. The first kappa shape index (κ1) is 13.5. The Kier molecular flexibility index (Phi) is 4.11. The molecule has 0 radical (unpaired) electrons. The van der Waals surface area contributed by atoms with Gasteiger partial charge in [0.15, 0.2) is 0 Å². The molecule has 1 amide bonds. The lowest BCUT2D eigenvalue weighted by Gasteiger charge is -2.22. The molecule has 0 spiro atoms. The quantitative estimate of drug-likeness (QED) is 0.863. The molecule has 0 bridgehead atoms. The summed E-state index contributed by atoms with van der Waals surface area (Å²) >= 11 is 0. The Morgan fingerprint density at radius 3 is 3.05 bits per heavy atom. The number of carboxylic acid groups (broad SMARTS) is 1. The van der Waals surface area contributed by atoms with Gasteiger partial charge in [-0.25, -0.2) is 9.78 Å². The number of carbonyl (C=O) groups excluding carboxylic acids is 1. The number of carbonyl (C=O) groups is 2. The summed E-state index contributed by atoms with van der Waals surface area (Å²) in [6, 6.07) is 2.84. The molecule has 102 valence electrons. The van der Waals surface area contributed by atoms with Crippen molar-refractivity contribution in [3.63, 3.8) is 0 Å². The molecule has 0 saturated carbocycles. The van der Waals surface area contributed by atoms with Gasteiger partial charge in [-0.15, -0.1) is 0 Å². The maximum atomic E-state index is 12.3. The van der Waals surface area contributed by atoms with Crippen LogP contribution in [0.2, 0.25) is 0 Å². The van der Waals surface area contributed by atoms with E-state index in [1.807, 2.05) is 6.92 Å². The van der Waals surface area contributed by atoms with Crippen molar-refractivity contribution in [2.45, 2.75) is 19.4 Å². The van der Waals surface area contributed by atoms with E-state index in [4.69, 9.17) is 9.84 Å². The van der Waals surface area contributed by atoms with E-state index in [-0.39, 0.29) is 17.7 Å². The number of aromatic carboxylic acids is 1. The van der Waals surface area contributed by atoms with E-state index >= 15 is 0 Å². The number of hydrogen-bond donors (Lipinski definition) is 1. The van der Waals surface area contributed by atoms with Crippen molar-refractivity contribution in [3.8, 4) is 0 Å². The van der Waals surface area contributed by atoms with Crippen LogP contribution in [0.15, 0.2) is 18.3 Å². The first-order valence-electron chi connectivity index (χ1n) is 6.18. The van der Waals surface area contributed by atoms with Crippen LogP contribution >= 0.6 is 0 Å². The first-order chi connectivity index (χ1) is 9.08. The number of aromatic nitrogens is 1. The summed E-state index contributed by atoms with van der Waals surface area (Å²) in [4.78, 5) is 28.6. The van der Waals surface area contributed by atoms with Crippen LogP contribution in [0, 0.1) is 0 Å². The molecule has 1 unspecified atom stereocenters. The molecule has 1 aliphatic heterocycles. The average Bonchev–Trinajstić information content (AvgIpc) is 2.62. The van der Waals surface area contributed by atoms with Gasteiger partial charge in [0, 0.05) is 31.5 Å². The fourth-order valence-corrected chi connectivity index (χ4v) is 2.04. The van der Waals surface area contributed by atoms with Gasteiger partial charge in [-0.05, 0) is 25.5 Å². The Hall–Kier alpha value is -1.95. The maximum absolute atomic E-state index is 12.3. The number of hydrogen-bond acceptors (Lipinski definition) is 4. The summed E-state index contributed by atoms with van der Waals surface area (Å²) in [6.45, 7) is 3.69. The first-order valence-corrected chi connectivity index (χ1v) is 6.18. The highest BCUT2D eigenvalue weighted by molar-refractivity contribution is 5.96. The van der Waals surface area contributed by atoms with Gasteiger partial charge in [0.1, 0.15) is 5.69 Å². The second-order valence-electron chi connectivity index (χ2n) is 4.52. The normalized spacial score (nSPS) is 19.8. The number of ether oxygens (including phenoxy) is 1. The molecule has 2 rings (SSSR count). The smallest absolute Gasteiger partial charge is 0.354 e. The van der Waals surface area contributed by atoms with Gasteiger partial charge in [0.2, 0.25) is 0 Å². The zero-order valence-corrected chi connectivity index (χ0v) is 10.7. The molecule has 2 heterocycles. The number of nitrogens with zero attached hydrogens (tertiary/aromatic N) is 2. The van der Waals surface area contributed by atoms with Crippen LogP contribution < -0.4 is 0 Å². The van der Waals surface area contributed by atoms with Crippen molar-refractivity contribution in [2.75, 3.05) is 19.7 Å². The van der Waals surface area contributed by atoms with Crippen LogP contribution in [0.3, 0.4) is 0 Å². The Balaban J connectivity index is 2.18. The molecule has 0 aromatic carbocycles. The summed E-state index contributed by atoms with van der Waals surface area (Å²) in [5.41, 5.74) is 0.228. The van der Waals surface area contributed by atoms with E-state index in [9.17, 15) is 9.59 Å². The Bertz CT molecular complexity index is 489. The van der Waals surface area contributed by atoms with E-state index in [0.717, 1.165) is 6.42 Å². The zero-order valence-electron chi connectivity index (χ0n) is 10.7. The minimum atomic E-state index is -1.14. The third kappa shape index (κ3) is 3.29. The molecule has 6 nitrogen and oxygen atoms in total. The lowest BCUT2D eigenvalue weighted by molar-refractivity contribution is 0.0562. The monoisotopic (exact) mass is 264 g/mol. The fourth-order valence-electron chi connectivity index (χ4n) is 2.04. The van der Waals surface area contributed by atoms with Gasteiger partial charge in [0.25, 0.3) is 5.91 Å². The lowest BCUT2D eigenvalue weighted by atomic mass is 10.2. The SMILES string of the molecule is CC1CN(C(=O)c2ccnc(C(=O)O)c2)CCCO1. The molecule has 1 aliphatic rings. The lowest BCUT2D eigenvalue weighted by Crippen LogP contribution is -2.36. The highest BCUT2D eigenvalue weighted by Crippen LogP contribution is 2.11. The third-order valence-corrected chi connectivity index (χ3v) is 2.97. The van der Waals surface area contributed by atoms with Crippen LogP contribution in [0.5, 0.6) is 0 Å². The second kappa shape index (κ2) is 5.79. The van der Waals surface area contributed by atoms with Crippen molar-refractivity contribution in [1.82, 2.24) is 9.88 Å². The maximum Gasteiger partial charge on any atom is 0.354 e. The fraction of sp³-hybridized carbons (Fsp3) is 0.462. The minimum absolute atomic E-state index is 0.00719. The van der Waals surface area contributed by atoms with Crippen LogP contribution in [0.25, 0.3) is 0 Å². The standard InChI is InChI=1S/C13H16N2O4/c1-9-8-15(5-2-6-19-9)12(16)10-3-4-14-11(7-10)13(17)18/h3-4,7,9H,2,5-6,8H2,1H3,(H,17,18). The number of pyridine rings is 1. The van der Waals surface area contributed by atoms with Crippen LogP contribution in [-0.2, 0) is 4.74 Å². The van der Waals surface area contributed by atoms with E-state index in [2.05, 4.69) is 4.98 Å². The largest absolute Gasteiger partial charge is 0.477 e. The van der Waals surface area contributed by atoms with Gasteiger partial charge < -0.3 is 14.7 Å². The second-order valence-corrected chi connectivity index (χ2v) is 4.52. The van der Waals surface area contributed by atoms with Crippen molar-refractivity contribution in [3.05, 3.63) is 29.6 Å². The van der Waals surface area contributed by atoms with Crippen molar-refractivity contribution in [2.24, 2.45) is 0 Å². The molecule has 1 atom stereocenters. The molecule has 1 fully saturated rings. The van der Waals surface area contributed by atoms with Crippen LogP contribution in [-0.4, -0.2) is 52.7 Å². The van der Waals surface area contributed by atoms with E-state index in [1.54, 1.807) is 4.90 Å². The van der Waals surface area contributed by atoms with Crippen molar-refractivity contribution in [1.29, 1.82) is 0 Å². The Morgan fingerprint density at radius 1 is 1.53 bits per heavy atom. The molecule has 19 heavy (non-hydrogen) atoms. The summed E-state index contributed by atoms with van der Waals surface area (Å²) in [7, 11) is 0. The number of carboxylic acids is 1. The van der Waals surface area contributed by atoms with Gasteiger partial charge in [0.05, 0.1) is 6.10 Å². The van der Waals surface area contributed by atoms with Gasteiger partial charge in [-0.1, -0.05) is 0 Å². The minimum Gasteiger partial charge on any atom is -0.477 e. The summed E-state index contributed by atoms with van der Waals surface area (Å²) < 4.78 is 5.48. The van der Waals surface area contributed by atoms with Crippen LogP contribution in [0.4, 0.5) is 0 Å². The predicted octanol–water partition coefficient (Wildman–Crippen LogP) is 1.03. The molecular weight excluding hydrogens is 248 g/mol. The molecule has 6 heteroatoms. The van der Waals surface area contributed by atoms with E-state index in [0.29, 0.717) is 25.3 Å². The Morgan fingerprint density at radius 2 is 2.32 bits per heavy atom. The molecule has 1 aromatic rings. The van der Waals surface area contributed by atoms with Gasteiger partial charge in [-0.3, -0.25) is 4.79 Å². The molecular formula is C13H16N2O4. The number of rotatable bonds is 2. The van der Waals surface area contributed by atoms with Crippen molar-refractivity contribution < 1.29 is 19.4 Å². The molecule has 1 aromatic heterocycles. The summed E-state index contributed by atoms with van der Waals surface area (Å²) in [5.74, 6) is -1.32. The summed E-state index contributed by atoms with van der Waals surface area (Å²) in [6.07, 6.45) is 2.12. The predicted molar refractivity (Wildman–Crippen MR) is 67.1 cm³/mol. The highest BCUT2D eigenvalue weighted by atomic mass is 16.5. The van der Waals surface area contributed by atoms with E-state index < -0.39 is 5.97 Å². The van der Waals surface area contributed by atoms with Gasteiger partial charge in [-0.2, -0.15) is 0 Å². The van der Waals surface area contributed by atoms with Gasteiger partial charge >= 0.3 is 5.97 Å². The zero-order chi connectivity index (χ0) is 13.8. The van der Waals surface area contributed by atoms with Crippen molar-refractivity contribution >= 4 is 11.9 Å². The molecule has 1 N–H and O–H groups in total. The summed E-state index contributed by atoms with van der Waals surface area (Å²) in [5, 5.41) is 8.88. The van der Waals surface area contributed by atoms with E-state index in [1.165, 1.54) is 18.3 Å². The van der Waals surface area contributed by atoms with Crippen LogP contribution in [0.1, 0.15) is 34.2 Å². The Labute approximate surface area is 111 Å². The average molecular weight is 264 g/mol. The molecule has 1 saturated heterocycles. The third-order valence-electron chi connectivity index (χ3n) is 2.97.